The number of hydrogen-bond acceptors (Lipinski definition) is 3. The van der Waals surface area contributed by atoms with Crippen molar-refractivity contribution in [3.05, 3.63) is 29.3 Å². The van der Waals surface area contributed by atoms with E-state index in [4.69, 9.17) is 15.6 Å². The van der Waals surface area contributed by atoms with Gasteiger partial charge in [0.25, 0.3) is 0 Å². The van der Waals surface area contributed by atoms with Crippen LogP contribution in [-0.2, 0) is 4.74 Å². The Labute approximate surface area is 94.0 Å². The molecule has 1 aliphatic heterocycles. The van der Waals surface area contributed by atoms with Crippen LogP contribution in [0.2, 0.25) is 0 Å². The Bertz CT molecular complexity index is 397. The van der Waals surface area contributed by atoms with E-state index in [1.165, 1.54) is 0 Å². The van der Waals surface area contributed by atoms with Gasteiger partial charge in [0.1, 0.15) is 0 Å². The van der Waals surface area contributed by atoms with E-state index in [9.17, 15) is 4.79 Å². The highest BCUT2D eigenvalue weighted by atomic mass is 16.5. The third-order valence-corrected chi connectivity index (χ3v) is 2.87. The number of hydrogen-bond donors (Lipinski definition) is 2. The van der Waals surface area contributed by atoms with Gasteiger partial charge in [-0.15, -0.1) is 0 Å². The van der Waals surface area contributed by atoms with Crippen LogP contribution < -0.4 is 5.73 Å². The van der Waals surface area contributed by atoms with Gasteiger partial charge in [-0.2, -0.15) is 0 Å². The molecule has 1 heterocycles. The molecule has 0 aromatic heterocycles. The average molecular weight is 221 g/mol. The van der Waals surface area contributed by atoms with Crippen molar-refractivity contribution in [1.29, 1.82) is 0 Å². The number of ether oxygens (including phenoxy) is 1. The molecular weight excluding hydrogens is 206 g/mol. The Morgan fingerprint density at radius 1 is 1.44 bits per heavy atom. The zero-order valence-electron chi connectivity index (χ0n) is 8.98. The minimum Gasteiger partial charge on any atom is -0.478 e. The van der Waals surface area contributed by atoms with Gasteiger partial charge in [0.2, 0.25) is 0 Å². The maximum Gasteiger partial charge on any atom is 0.336 e. The summed E-state index contributed by atoms with van der Waals surface area (Å²) in [5, 5.41) is 9.11. The number of benzene rings is 1. The molecule has 1 fully saturated rings. The smallest absolute Gasteiger partial charge is 0.336 e. The molecule has 1 atom stereocenters. The topological polar surface area (TPSA) is 72.6 Å². The monoisotopic (exact) mass is 221 g/mol. The summed E-state index contributed by atoms with van der Waals surface area (Å²) in [7, 11) is 0. The number of carbonyl (C=O) groups is 1. The van der Waals surface area contributed by atoms with Gasteiger partial charge in [0.05, 0.1) is 11.7 Å². The summed E-state index contributed by atoms with van der Waals surface area (Å²) in [5.74, 6) is -0.948. The molecule has 0 bridgehead atoms. The molecule has 1 aromatic carbocycles. The van der Waals surface area contributed by atoms with Crippen LogP contribution in [0, 0.1) is 0 Å². The highest BCUT2D eigenvalue weighted by Gasteiger charge is 2.23. The van der Waals surface area contributed by atoms with Crippen LogP contribution in [0.1, 0.15) is 41.3 Å². The van der Waals surface area contributed by atoms with Gasteiger partial charge in [-0.25, -0.2) is 4.79 Å². The first-order chi connectivity index (χ1) is 7.70. The fourth-order valence-corrected chi connectivity index (χ4v) is 2.10. The molecule has 86 valence electrons. The van der Waals surface area contributed by atoms with Crippen LogP contribution in [0.15, 0.2) is 18.2 Å². The molecule has 1 saturated heterocycles. The SMILES string of the molecule is Nc1cccc(C(=O)O)c1C1CCCCO1. The Balaban J connectivity index is 2.40. The molecule has 0 amide bonds. The van der Waals surface area contributed by atoms with Crippen LogP contribution in [0.4, 0.5) is 5.69 Å². The number of nitrogens with two attached hydrogens (primary N) is 1. The first-order valence-electron chi connectivity index (χ1n) is 5.43. The predicted octanol–water partition coefficient (Wildman–Crippen LogP) is 2.21. The van der Waals surface area contributed by atoms with E-state index in [2.05, 4.69) is 0 Å². The van der Waals surface area contributed by atoms with Crippen LogP contribution >= 0.6 is 0 Å². The van der Waals surface area contributed by atoms with E-state index in [0.29, 0.717) is 17.9 Å². The molecule has 4 heteroatoms. The molecule has 0 saturated carbocycles. The lowest BCUT2D eigenvalue weighted by atomic mass is 9.95. The normalized spacial score (nSPS) is 20.6. The molecule has 16 heavy (non-hydrogen) atoms. The second kappa shape index (κ2) is 4.53. The lowest BCUT2D eigenvalue weighted by molar-refractivity contribution is 0.0143. The lowest BCUT2D eigenvalue weighted by Gasteiger charge is -2.25. The number of rotatable bonds is 2. The number of aromatic carboxylic acids is 1. The zero-order chi connectivity index (χ0) is 11.5. The molecule has 4 nitrogen and oxygen atoms in total. The second-order valence-corrected chi connectivity index (χ2v) is 3.97. The highest BCUT2D eigenvalue weighted by Crippen LogP contribution is 2.33. The van der Waals surface area contributed by atoms with Crippen molar-refractivity contribution >= 4 is 11.7 Å². The summed E-state index contributed by atoms with van der Waals surface area (Å²) in [5.41, 5.74) is 7.24. The van der Waals surface area contributed by atoms with E-state index < -0.39 is 5.97 Å². The summed E-state index contributed by atoms with van der Waals surface area (Å²) < 4.78 is 5.59. The van der Waals surface area contributed by atoms with E-state index in [1.54, 1.807) is 18.2 Å². The van der Waals surface area contributed by atoms with E-state index in [0.717, 1.165) is 19.3 Å². The fourth-order valence-electron chi connectivity index (χ4n) is 2.10. The highest BCUT2D eigenvalue weighted by molar-refractivity contribution is 5.91. The molecule has 0 spiro atoms. The molecule has 2 rings (SSSR count). The lowest BCUT2D eigenvalue weighted by Crippen LogP contribution is -2.17. The van der Waals surface area contributed by atoms with Crippen molar-refractivity contribution < 1.29 is 14.6 Å². The fraction of sp³-hybridized carbons (Fsp3) is 0.417. The third-order valence-electron chi connectivity index (χ3n) is 2.87. The predicted molar refractivity (Wildman–Crippen MR) is 60.4 cm³/mol. The number of nitrogen functional groups attached to an aromatic ring is 1. The number of carboxylic acids is 1. The van der Waals surface area contributed by atoms with E-state index >= 15 is 0 Å². The summed E-state index contributed by atoms with van der Waals surface area (Å²) in [6.07, 6.45) is 2.76. The number of anilines is 1. The maximum atomic E-state index is 11.1. The molecule has 0 radical (unpaired) electrons. The quantitative estimate of drug-likeness (QED) is 0.751. The van der Waals surface area contributed by atoms with Gasteiger partial charge < -0.3 is 15.6 Å². The van der Waals surface area contributed by atoms with Crippen molar-refractivity contribution in [1.82, 2.24) is 0 Å². The first kappa shape index (κ1) is 11.0. The molecule has 1 aliphatic rings. The van der Waals surface area contributed by atoms with Crippen LogP contribution in [0.3, 0.4) is 0 Å². The molecule has 0 aliphatic carbocycles. The van der Waals surface area contributed by atoms with Crippen LogP contribution in [0.5, 0.6) is 0 Å². The second-order valence-electron chi connectivity index (χ2n) is 3.97. The third kappa shape index (κ3) is 2.02. The standard InChI is InChI=1S/C12H15NO3/c13-9-5-3-4-8(12(14)15)11(9)10-6-1-2-7-16-10/h3-5,10H,1-2,6-7,13H2,(H,14,15). The van der Waals surface area contributed by atoms with Crippen molar-refractivity contribution in [3.8, 4) is 0 Å². The summed E-state index contributed by atoms with van der Waals surface area (Å²) >= 11 is 0. The van der Waals surface area contributed by atoms with Crippen LogP contribution in [0.25, 0.3) is 0 Å². The van der Waals surface area contributed by atoms with Crippen LogP contribution in [-0.4, -0.2) is 17.7 Å². The minimum atomic E-state index is -0.948. The Morgan fingerprint density at radius 2 is 2.25 bits per heavy atom. The van der Waals surface area contributed by atoms with Crippen molar-refractivity contribution in [2.45, 2.75) is 25.4 Å². The van der Waals surface area contributed by atoms with Gasteiger partial charge in [-0.1, -0.05) is 6.07 Å². The van der Waals surface area contributed by atoms with Crippen molar-refractivity contribution in [2.24, 2.45) is 0 Å². The van der Waals surface area contributed by atoms with Crippen molar-refractivity contribution in [3.63, 3.8) is 0 Å². The van der Waals surface area contributed by atoms with Gasteiger partial charge in [0.15, 0.2) is 0 Å². The first-order valence-corrected chi connectivity index (χ1v) is 5.43. The summed E-state index contributed by atoms with van der Waals surface area (Å²) in [6, 6.07) is 4.96. The molecular formula is C12H15NO3. The van der Waals surface area contributed by atoms with Crippen molar-refractivity contribution in [2.75, 3.05) is 12.3 Å². The van der Waals surface area contributed by atoms with Gasteiger partial charge in [-0.05, 0) is 31.4 Å². The Kier molecular flexibility index (Phi) is 3.10. The average Bonchev–Trinajstić information content (AvgIpc) is 2.29. The van der Waals surface area contributed by atoms with Gasteiger partial charge in [-0.3, -0.25) is 0 Å². The summed E-state index contributed by atoms with van der Waals surface area (Å²) in [6.45, 7) is 0.679. The van der Waals surface area contributed by atoms with E-state index in [-0.39, 0.29) is 11.7 Å². The number of carboxylic acid groups (broad SMARTS) is 1. The largest absolute Gasteiger partial charge is 0.478 e. The van der Waals surface area contributed by atoms with Gasteiger partial charge >= 0.3 is 5.97 Å². The Hall–Kier alpha value is -1.55. The molecule has 1 aromatic rings. The minimum absolute atomic E-state index is 0.166. The molecule has 1 unspecified atom stereocenters. The molecule has 3 N–H and O–H groups in total. The van der Waals surface area contributed by atoms with Gasteiger partial charge in [0, 0.05) is 17.9 Å². The Morgan fingerprint density at radius 3 is 2.88 bits per heavy atom. The maximum absolute atomic E-state index is 11.1. The zero-order valence-corrected chi connectivity index (χ0v) is 8.98. The van der Waals surface area contributed by atoms with E-state index in [1.807, 2.05) is 0 Å². The summed E-state index contributed by atoms with van der Waals surface area (Å²) in [4.78, 5) is 11.1.